The lowest BCUT2D eigenvalue weighted by Crippen LogP contribution is -2.35. The van der Waals surface area contributed by atoms with Crippen LogP contribution in [0.1, 0.15) is 43.6 Å². The molecule has 0 fully saturated rings. The monoisotopic (exact) mass is 451 g/mol. The van der Waals surface area contributed by atoms with Gasteiger partial charge in [-0.2, -0.15) is 0 Å². The lowest BCUT2D eigenvalue weighted by Gasteiger charge is -2.26. The van der Waals surface area contributed by atoms with Crippen LogP contribution < -0.4 is 0 Å². The third-order valence-corrected chi connectivity index (χ3v) is 5.43. The van der Waals surface area contributed by atoms with Crippen molar-refractivity contribution in [2.75, 3.05) is 0 Å². The van der Waals surface area contributed by atoms with Gasteiger partial charge in [-0.3, -0.25) is 4.99 Å². The van der Waals surface area contributed by atoms with Crippen LogP contribution in [0.2, 0.25) is 0 Å². The number of carbonyl (C=O) groups is 1. The first-order chi connectivity index (χ1) is 16.3. The molecule has 4 rings (SSSR count). The second kappa shape index (κ2) is 10.0. The number of benzene rings is 4. The number of hydrogen-bond donors (Lipinski definition) is 1. The van der Waals surface area contributed by atoms with Crippen LogP contribution in [-0.2, 0) is 9.53 Å². The molecule has 4 nitrogen and oxygen atoms in total. The summed E-state index contributed by atoms with van der Waals surface area (Å²) >= 11 is 0. The number of aliphatic hydroxyl groups is 1. The molecule has 0 aliphatic carbocycles. The molecule has 34 heavy (non-hydrogen) atoms. The van der Waals surface area contributed by atoms with Gasteiger partial charge in [-0.25, -0.2) is 4.79 Å². The van der Waals surface area contributed by atoms with E-state index in [1.807, 2.05) is 124 Å². The topological polar surface area (TPSA) is 58.9 Å². The molecule has 0 aliphatic heterocycles. The molecule has 4 heteroatoms. The zero-order valence-corrected chi connectivity index (χ0v) is 19.7. The second-order valence-electron chi connectivity index (χ2n) is 9.24. The minimum atomic E-state index is -1.18. The van der Waals surface area contributed by atoms with E-state index in [4.69, 9.17) is 9.73 Å². The molecule has 0 heterocycles. The Bertz CT molecular complexity index is 1250. The maximum atomic E-state index is 13.3. The molecule has 1 N–H and O–H groups in total. The maximum absolute atomic E-state index is 13.3. The van der Waals surface area contributed by atoms with E-state index in [2.05, 4.69) is 0 Å². The quantitative estimate of drug-likeness (QED) is 0.284. The largest absolute Gasteiger partial charge is 0.458 e. The van der Waals surface area contributed by atoms with Crippen LogP contribution in [0.15, 0.2) is 108 Å². The number of esters is 1. The molecule has 0 aliphatic rings. The van der Waals surface area contributed by atoms with Gasteiger partial charge >= 0.3 is 5.97 Å². The molecule has 0 bridgehead atoms. The van der Waals surface area contributed by atoms with Gasteiger partial charge < -0.3 is 9.84 Å². The first-order valence-electron chi connectivity index (χ1n) is 11.4. The molecule has 0 aromatic heterocycles. The van der Waals surface area contributed by atoms with Gasteiger partial charge in [0.05, 0.1) is 5.71 Å². The Morgan fingerprint density at radius 1 is 0.765 bits per heavy atom. The minimum absolute atomic E-state index is 0.572. The van der Waals surface area contributed by atoms with Crippen molar-refractivity contribution in [3.63, 3.8) is 0 Å². The van der Waals surface area contributed by atoms with Crippen molar-refractivity contribution in [1.82, 2.24) is 0 Å². The molecular formula is C30H29NO3. The fourth-order valence-electron chi connectivity index (χ4n) is 3.84. The van der Waals surface area contributed by atoms with Crippen molar-refractivity contribution in [2.24, 2.45) is 4.99 Å². The average molecular weight is 452 g/mol. The standard InChI is InChI=1S/C30H29NO3/c1-30(2,3)34-29(33)27(28(32)25-19-18-21-12-10-11-17-24(21)20-25)31-26(22-13-6-4-7-14-22)23-15-8-5-9-16-23/h4-20,27-28,32H,1-3H3/t27-,28-/m1/s1. The summed E-state index contributed by atoms with van der Waals surface area (Å²) in [5, 5.41) is 13.5. The molecule has 0 saturated heterocycles. The van der Waals surface area contributed by atoms with Gasteiger partial charge in [0.15, 0.2) is 6.04 Å². The summed E-state index contributed by atoms with van der Waals surface area (Å²) in [5.74, 6) is -0.572. The van der Waals surface area contributed by atoms with Crippen LogP contribution in [0.4, 0.5) is 0 Å². The number of nitrogens with zero attached hydrogens (tertiary/aromatic N) is 1. The van der Waals surface area contributed by atoms with Gasteiger partial charge in [0.25, 0.3) is 0 Å². The molecular weight excluding hydrogens is 422 g/mol. The van der Waals surface area contributed by atoms with Gasteiger partial charge in [0.2, 0.25) is 0 Å². The van der Waals surface area contributed by atoms with Gasteiger partial charge in [-0.15, -0.1) is 0 Å². The lowest BCUT2D eigenvalue weighted by molar-refractivity contribution is -0.159. The van der Waals surface area contributed by atoms with Crippen molar-refractivity contribution < 1.29 is 14.6 Å². The normalized spacial score (nSPS) is 13.2. The van der Waals surface area contributed by atoms with Crippen molar-refractivity contribution >= 4 is 22.5 Å². The summed E-state index contributed by atoms with van der Waals surface area (Å²) in [5.41, 5.74) is 2.23. The summed E-state index contributed by atoms with van der Waals surface area (Å²) < 4.78 is 5.70. The van der Waals surface area contributed by atoms with Crippen LogP contribution in [0, 0.1) is 0 Å². The molecule has 2 atom stereocenters. The minimum Gasteiger partial charge on any atom is -0.458 e. The number of carbonyl (C=O) groups excluding carboxylic acids is 1. The van der Waals surface area contributed by atoms with Crippen LogP contribution in [0.5, 0.6) is 0 Å². The average Bonchev–Trinajstić information content (AvgIpc) is 2.84. The Balaban J connectivity index is 1.83. The highest BCUT2D eigenvalue weighted by Crippen LogP contribution is 2.27. The SMILES string of the molecule is CC(C)(C)OC(=O)[C@H](N=C(c1ccccc1)c1ccccc1)[C@H](O)c1ccc2ccccc2c1. The smallest absolute Gasteiger partial charge is 0.334 e. The number of aliphatic imine (C=N–C) groups is 1. The number of hydrogen-bond acceptors (Lipinski definition) is 4. The zero-order chi connectivity index (χ0) is 24.1. The van der Waals surface area contributed by atoms with Gasteiger partial charge in [-0.1, -0.05) is 97.1 Å². The van der Waals surface area contributed by atoms with Crippen molar-refractivity contribution in [3.8, 4) is 0 Å². The Hall–Kier alpha value is -3.76. The summed E-state index contributed by atoms with van der Waals surface area (Å²) in [4.78, 5) is 18.2. The van der Waals surface area contributed by atoms with Gasteiger partial charge in [0.1, 0.15) is 11.7 Å². The van der Waals surface area contributed by atoms with Crippen molar-refractivity contribution in [3.05, 3.63) is 120 Å². The molecule has 0 spiro atoms. The Kier molecular flexibility index (Phi) is 6.90. The predicted octanol–water partition coefficient (Wildman–Crippen LogP) is 6.12. The van der Waals surface area contributed by atoms with Crippen LogP contribution >= 0.6 is 0 Å². The highest BCUT2D eigenvalue weighted by Gasteiger charge is 2.33. The molecule has 4 aromatic carbocycles. The predicted molar refractivity (Wildman–Crippen MR) is 137 cm³/mol. The first-order valence-corrected chi connectivity index (χ1v) is 11.4. The number of rotatable bonds is 6. The molecule has 4 aromatic rings. The third-order valence-electron chi connectivity index (χ3n) is 5.43. The molecule has 0 saturated carbocycles. The lowest BCUT2D eigenvalue weighted by atomic mass is 9.97. The molecule has 0 amide bonds. The van der Waals surface area contributed by atoms with E-state index >= 15 is 0 Å². The Labute approximate surface area is 200 Å². The summed E-state index contributed by atoms with van der Waals surface area (Å²) in [6.45, 7) is 5.43. The Morgan fingerprint density at radius 3 is 1.85 bits per heavy atom. The molecule has 0 unspecified atom stereocenters. The van der Waals surface area contributed by atoms with Crippen LogP contribution in [0.3, 0.4) is 0 Å². The second-order valence-corrected chi connectivity index (χ2v) is 9.24. The summed E-state index contributed by atoms with van der Waals surface area (Å²) in [7, 11) is 0. The van der Waals surface area contributed by atoms with Crippen molar-refractivity contribution in [1.29, 1.82) is 0 Å². The Morgan fingerprint density at radius 2 is 1.29 bits per heavy atom. The zero-order valence-electron chi connectivity index (χ0n) is 19.7. The van der Waals surface area contributed by atoms with Crippen LogP contribution in [-0.4, -0.2) is 28.4 Å². The van der Waals surface area contributed by atoms with Gasteiger partial charge in [0, 0.05) is 11.1 Å². The van der Waals surface area contributed by atoms with E-state index in [-0.39, 0.29) is 0 Å². The summed E-state index contributed by atoms with van der Waals surface area (Å²) in [6, 6.07) is 31.8. The van der Waals surface area contributed by atoms with E-state index in [0.717, 1.165) is 21.9 Å². The van der Waals surface area contributed by atoms with E-state index in [0.29, 0.717) is 11.3 Å². The van der Waals surface area contributed by atoms with E-state index < -0.39 is 23.7 Å². The third kappa shape index (κ3) is 5.59. The van der Waals surface area contributed by atoms with Crippen molar-refractivity contribution in [2.45, 2.75) is 38.5 Å². The fraction of sp³-hybridized carbons (Fsp3) is 0.200. The molecule has 0 radical (unpaired) electrons. The molecule has 172 valence electrons. The fourth-order valence-corrected chi connectivity index (χ4v) is 3.84. The number of fused-ring (bicyclic) bond motifs is 1. The highest BCUT2D eigenvalue weighted by molar-refractivity contribution is 6.13. The highest BCUT2D eigenvalue weighted by atomic mass is 16.6. The maximum Gasteiger partial charge on any atom is 0.334 e. The van der Waals surface area contributed by atoms with E-state index in [1.165, 1.54) is 0 Å². The van der Waals surface area contributed by atoms with Gasteiger partial charge in [-0.05, 0) is 43.2 Å². The van der Waals surface area contributed by atoms with Crippen LogP contribution in [0.25, 0.3) is 10.8 Å². The first kappa shape index (κ1) is 23.4. The summed E-state index contributed by atoms with van der Waals surface area (Å²) in [6.07, 6.45) is -1.18. The number of ether oxygens (including phenoxy) is 1. The van der Waals surface area contributed by atoms with E-state index in [9.17, 15) is 9.90 Å². The van der Waals surface area contributed by atoms with E-state index in [1.54, 1.807) is 0 Å². The number of aliphatic hydroxyl groups excluding tert-OH is 1.